The Morgan fingerprint density at radius 3 is 2.21 bits per heavy atom. The maximum absolute atomic E-state index is 8.63. The molecule has 2 rings (SSSR count). The molecule has 2 fully saturated rings. The van der Waals surface area contributed by atoms with Crippen molar-refractivity contribution < 1.29 is 14.7 Å². The van der Waals surface area contributed by atoms with Crippen molar-refractivity contribution in [3.8, 4) is 0 Å². The van der Waals surface area contributed by atoms with E-state index in [2.05, 4.69) is 34.6 Å². The molecule has 2 saturated heterocycles. The first-order chi connectivity index (χ1) is 8.84. The highest BCUT2D eigenvalue weighted by Crippen LogP contribution is 2.51. The topological polar surface area (TPSA) is 44.6 Å². The molecule has 0 aromatic carbocycles. The van der Waals surface area contributed by atoms with Crippen LogP contribution in [0.5, 0.6) is 0 Å². The van der Waals surface area contributed by atoms with E-state index in [0.717, 1.165) is 38.9 Å². The summed E-state index contributed by atoms with van der Waals surface area (Å²) >= 11 is 0. The second-order valence-corrected chi connectivity index (χ2v) is 6.66. The molecule has 0 saturated carbocycles. The molecule has 0 radical (unpaired) electrons. The summed E-state index contributed by atoms with van der Waals surface area (Å²) in [5.41, 5.74) is -0.394. The van der Waals surface area contributed by atoms with Gasteiger partial charge in [-0.1, -0.05) is 25.8 Å². The molecule has 0 bridgehead atoms. The van der Waals surface area contributed by atoms with Gasteiger partial charge in [0.1, 0.15) is 0 Å². The summed E-state index contributed by atoms with van der Waals surface area (Å²) in [6.45, 7) is 12.4. The van der Waals surface area contributed by atoms with Crippen LogP contribution in [-0.4, -0.2) is 40.3 Å². The molecule has 112 valence electrons. The maximum Gasteiger partial charge on any atom is 0.174 e. The van der Waals surface area contributed by atoms with Gasteiger partial charge in [-0.3, -0.25) is 0 Å². The minimum Gasteiger partial charge on any atom is -0.349 e. The zero-order chi connectivity index (χ0) is 14.3. The average molecular weight is 272 g/mol. The van der Waals surface area contributed by atoms with Gasteiger partial charge in [0, 0.05) is 12.3 Å². The maximum atomic E-state index is 8.63. The molecule has 2 heterocycles. The van der Waals surface area contributed by atoms with Crippen LogP contribution in [0.2, 0.25) is 0 Å². The molecule has 2 aliphatic heterocycles. The Balaban J connectivity index is 2.41. The van der Waals surface area contributed by atoms with E-state index in [9.17, 15) is 0 Å². The van der Waals surface area contributed by atoms with E-state index in [4.69, 9.17) is 14.7 Å². The van der Waals surface area contributed by atoms with Gasteiger partial charge in [0.05, 0.1) is 24.3 Å². The highest BCUT2D eigenvalue weighted by atomic mass is 16.7. The SMILES string of the molecule is CCC1(C)CC2(OCCCO2)C(C)C(C)(CC)N1[OH2+]. The van der Waals surface area contributed by atoms with Crippen molar-refractivity contribution >= 4 is 0 Å². The third-order valence-electron chi connectivity index (χ3n) is 5.73. The number of hydroxylamine groups is 2. The van der Waals surface area contributed by atoms with Crippen molar-refractivity contribution in [1.82, 2.24) is 5.06 Å². The standard InChI is InChI=1S/C15H29NO3/c1-6-13(4)11-15(18-9-8-10-19-15)12(3)14(5,7-2)16(13)17/h12,17H,6-11H2,1-5H3/p+1. The van der Waals surface area contributed by atoms with Crippen LogP contribution < -0.4 is 0 Å². The number of rotatable bonds is 2. The van der Waals surface area contributed by atoms with Crippen molar-refractivity contribution in [2.24, 2.45) is 5.92 Å². The lowest BCUT2D eigenvalue weighted by molar-refractivity contribution is -0.386. The van der Waals surface area contributed by atoms with Crippen LogP contribution in [0.4, 0.5) is 0 Å². The summed E-state index contributed by atoms with van der Waals surface area (Å²) in [6, 6.07) is 0. The first kappa shape index (κ1) is 15.2. The number of nitrogens with zero attached hydrogens (tertiary/aromatic N) is 1. The Kier molecular flexibility index (Phi) is 4.00. The molecular weight excluding hydrogens is 242 g/mol. The summed E-state index contributed by atoms with van der Waals surface area (Å²) in [7, 11) is 0. The molecule has 1 spiro atoms. The van der Waals surface area contributed by atoms with Gasteiger partial charge < -0.3 is 14.7 Å². The highest BCUT2D eigenvalue weighted by Gasteiger charge is 2.63. The fraction of sp³-hybridized carbons (Fsp3) is 1.00. The van der Waals surface area contributed by atoms with Crippen LogP contribution in [0, 0.1) is 5.92 Å². The Hall–Kier alpha value is -0.160. The summed E-state index contributed by atoms with van der Waals surface area (Å²) < 4.78 is 12.3. The van der Waals surface area contributed by atoms with E-state index in [1.165, 1.54) is 0 Å². The lowest BCUT2D eigenvalue weighted by Crippen LogP contribution is -2.72. The molecule has 4 heteroatoms. The molecule has 2 aliphatic rings. The van der Waals surface area contributed by atoms with Crippen LogP contribution in [0.1, 0.15) is 60.3 Å². The molecule has 0 amide bonds. The molecule has 0 aliphatic carbocycles. The second kappa shape index (κ2) is 4.99. The molecular formula is C15H30NO3+. The van der Waals surface area contributed by atoms with Crippen LogP contribution in [0.3, 0.4) is 0 Å². The Morgan fingerprint density at radius 1 is 1.16 bits per heavy atom. The quantitative estimate of drug-likeness (QED) is 0.725. The fourth-order valence-electron chi connectivity index (χ4n) is 3.74. The zero-order valence-electron chi connectivity index (χ0n) is 13.1. The Morgan fingerprint density at radius 2 is 1.74 bits per heavy atom. The second-order valence-electron chi connectivity index (χ2n) is 6.66. The van der Waals surface area contributed by atoms with Crippen LogP contribution in [0.15, 0.2) is 0 Å². The molecule has 3 atom stereocenters. The van der Waals surface area contributed by atoms with E-state index < -0.39 is 5.79 Å². The number of hydrogen-bond acceptors (Lipinski definition) is 3. The van der Waals surface area contributed by atoms with Crippen molar-refractivity contribution in [1.29, 1.82) is 0 Å². The van der Waals surface area contributed by atoms with E-state index in [-0.39, 0.29) is 17.0 Å². The molecule has 4 nitrogen and oxygen atoms in total. The van der Waals surface area contributed by atoms with E-state index in [0.29, 0.717) is 0 Å². The highest BCUT2D eigenvalue weighted by molar-refractivity contribution is 5.07. The summed E-state index contributed by atoms with van der Waals surface area (Å²) in [5.74, 6) is -0.298. The normalized spacial score (nSPS) is 43.6. The van der Waals surface area contributed by atoms with Crippen molar-refractivity contribution in [2.45, 2.75) is 77.2 Å². The zero-order valence-corrected chi connectivity index (χ0v) is 13.1. The van der Waals surface area contributed by atoms with E-state index >= 15 is 0 Å². The van der Waals surface area contributed by atoms with Crippen LogP contribution in [-0.2, 0) is 9.47 Å². The third kappa shape index (κ3) is 2.13. The van der Waals surface area contributed by atoms with E-state index in [1.54, 1.807) is 0 Å². The molecule has 3 unspecified atom stereocenters. The molecule has 0 aromatic heterocycles. The van der Waals surface area contributed by atoms with Gasteiger partial charge in [-0.2, -0.15) is 0 Å². The van der Waals surface area contributed by atoms with Gasteiger partial charge in [0.15, 0.2) is 5.79 Å². The number of ether oxygens (including phenoxy) is 2. The summed E-state index contributed by atoms with van der Waals surface area (Å²) in [6.07, 6.45) is 3.64. The first-order valence-corrected chi connectivity index (χ1v) is 7.64. The Labute approximate surface area is 117 Å². The molecule has 2 N–H and O–H groups in total. The van der Waals surface area contributed by atoms with Crippen molar-refractivity contribution in [3.63, 3.8) is 0 Å². The van der Waals surface area contributed by atoms with Gasteiger partial charge >= 0.3 is 0 Å². The monoisotopic (exact) mass is 272 g/mol. The number of hydrogen-bond donors (Lipinski definition) is 0. The molecule has 0 aromatic rings. The minimum atomic E-state index is -0.495. The predicted molar refractivity (Wildman–Crippen MR) is 75.9 cm³/mol. The first-order valence-electron chi connectivity index (χ1n) is 7.64. The van der Waals surface area contributed by atoms with E-state index in [1.807, 2.05) is 5.06 Å². The molecule has 19 heavy (non-hydrogen) atoms. The van der Waals surface area contributed by atoms with Gasteiger partial charge in [-0.05, 0) is 33.1 Å². The third-order valence-corrected chi connectivity index (χ3v) is 5.73. The van der Waals surface area contributed by atoms with Gasteiger partial charge in [-0.15, -0.1) is 0 Å². The van der Waals surface area contributed by atoms with Crippen LogP contribution in [0.25, 0.3) is 0 Å². The van der Waals surface area contributed by atoms with Gasteiger partial charge in [-0.25, -0.2) is 0 Å². The fourth-order valence-corrected chi connectivity index (χ4v) is 3.74. The van der Waals surface area contributed by atoms with Crippen molar-refractivity contribution in [3.05, 3.63) is 0 Å². The van der Waals surface area contributed by atoms with Gasteiger partial charge in [0.25, 0.3) is 0 Å². The lowest BCUT2D eigenvalue weighted by atomic mass is 9.67. The van der Waals surface area contributed by atoms with Gasteiger partial charge in [0.2, 0.25) is 0 Å². The lowest BCUT2D eigenvalue weighted by Gasteiger charge is -2.59. The largest absolute Gasteiger partial charge is 0.349 e. The Bertz CT molecular complexity index is 329. The number of piperidine rings is 1. The van der Waals surface area contributed by atoms with Crippen molar-refractivity contribution in [2.75, 3.05) is 13.2 Å². The minimum absolute atomic E-state index is 0.186. The van der Waals surface area contributed by atoms with Crippen LogP contribution >= 0.6 is 0 Å². The predicted octanol–water partition coefficient (Wildman–Crippen LogP) is 2.44. The summed E-state index contributed by atoms with van der Waals surface area (Å²) in [5, 5.41) is 10.5. The summed E-state index contributed by atoms with van der Waals surface area (Å²) in [4.78, 5) is 0. The smallest absolute Gasteiger partial charge is 0.174 e. The average Bonchev–Trinajstić information content (AvgIpc) is 2.44.